The summed E-state index contributed by atoms with van der Waals surface area (Å²) in [6, 6.07) is 13.5. The molecule has 2 aromatic carbocycles. The first-order valence-electron chi connectivity index (χ1n) is 6.86. The van der Waals surface area contributed by atoms with Crippen molar-refractivity contribution in [1.29, 1.82) is 0 Å². The molecule has 0 unspecified atom stereocenters. The van der Waals surface area contributed by atoms with Crippen LogP contribution in [0, 0.1) is 13.5 Å². The molecule has 0 aliphatic heterocycles. The maximum Gasteiger partial charge on any atom is 0.347 e. The van der Waals surface area contributed by atoms with Crippen LogP contribution in [0.1, 0.15) is 15.2 Å². The number of carboxylic acids is 1. The van der Waals surface area contributed by atoms with Gasteiger partial charge in [-0.05, 0) is 24.1 Å². The highest BCUT2D eigenvalue weighted by Gasteiger charge is 2.12. The van der Waals surface area contributed by atoms with Gasteiger partial charge in [0, 0.05) is 5.56 Å². The lowest BCUT2D eigenvalue weighted by atomic mass is 10.0. The van der Waals surface area contributed by atoms with Crippen LogP contribution in [0.3, 0.4) is 0 Å². The van der Waals surface area contributed by atoms with Gasteiger partial charge in [0.2, 0.25) is 0 Å². The van der Waals surface area contributed by atoms with Crippen LogP contribution in [0.2, 0.25) is 0 Å². The number of aryl methyl sites for hydroxylation is 1. The highest BCUT2D eigenvalue weighted by Crippen LogP contribution is 2.35. The van der Waals surface area contributed by atoms with E-state index in [1.54, 1.807) is 6.07 Å². The molecule has 0 spiro atoms. The summed E-state index contributed by atoms with van der Waals surface area (Å²) in [6.07, 6.45) is 1.34. The van der Waals surface area contributed by atoms with Gasteiger partial charge in [-0.15, -0.1) is 11.3 Å². The van der Waals surface area contributed by atoms with E-state index < -0.39 is 5.97 Å². The Morgan fingerprint density at radius 3 is 2.48 bits per heavy atom. The molecule has 0 aliphatic carbocycles. The van der Waals surface area contributed by atoms with Gasteiger partial charge in [0.05, 0.1) is 12.8 Å². The average Bonchev–Trinajstić information content (AvgIpc) is 3.05. The quantitative estimate of drug-likeness (QED) is 0.688. The second-order valence-corrected chi connectivity index (χ2v) is 6.08. The van der Waals surface area contributed by atoms with Crippen LogP contribution in [0.15, 0.2) is 48.7 Å². The molecule has 3 aromatic rings. The summed E-state index contributed by atoms with van der Waals surface area (Å²) in [5.74, 6) is -0.990. The number of thiazole rings is 1. The lowest BCUT2D eigenvalue weighted by Gasteiger charge is -2.07. The van der Waals surface area contributed by atoms with Crippen LogP contribution in [0.5, 0.6) is 0 Å². The third-order valence-corrected chi connectivity index (χ3v) is 4.48. The summed E-state index contributed by atoms with van der Waals surface area (Å²) >= 11 is 1.10. The molecule has 23 heavy (non-hydrogen) atoms. The van der Waals surface area contributed by atoms with E-state index in [1.165, 1.54) is 11.8 Å². The molecule has 4 nitrogen and oxygen atoms in total. The van der Waals surface area contributed by atoms with Crippen molar-refractivity contribution in [2.24, 2.45) is 0 Å². The zero-order valence-corrected chi connectivity index (χ0v) is 13.1. The van der Waals surface area contributed by atoms with E-state index >= 15 is 0 Å². The van der Waals surface area contributed by atoms with Crippen LogP contribution in [-0.4, -0.2) is 16.1 Å². The van der Waals surface area contributed by atoms with Crippen molar-refractivity contribution in [1.82, 2.24) is 4.98 Å². The Morgan fingerprint density at radius 1 is 1.17 bits per heavy atom. The first-order valence-corrected chi connectivity index (χ1v) is 7.68. The van der Waals surface area contributed by atoms with Gasteiger partial charge in [-0.1, -0.05) is 42.0 Å². The molecular weight excluding hydrogens is 308 g/mol. The van der Waals surface area contributed by atoms with Gasteiger partial charge in [-0.25, -0.2) is 14.6 Å². The first-order chi connectivity index (χ1) is 11.1. The van der Waals surface area contributed by atoms with E-state index in [4.69, 9.17) is 11.7 Å². The third-order valence-electron chi connectivity index (χ3n) is 3.44. The average molecular weight is 320 g/mol. The van der Waals surface area contributed by atoms with Crippen molar-refractivity contribution < 1.29 is 9.90 Å². The Hall–Kier alpha value is -2.97. The van der Waals surface area contributed by atoms with Gasteiger partial charge in [-0.3, -0.25) is 0 Å². The van der Waals surface area contributed by atoms with Crippen molar-refractivity contribution in [2.75, 3.05) is 0 Å². The molecule has 0 saturated carbocycles. The smallest absolute Gasteiger partial charge is 0.347 e. The van der Waals surface area contributed by atoms with Gasteiger partial charge in [0.15, 0.2) is 5.69 Å². The number of aromatic carboxylic acids is 1. The predicted octanol–water partition coefficient (Wildman–Crippen LogP) is 5.03. The van der Waals surface area contributed by atoms with Crippen molar-refractivity contribution in [3.8, 4) is 21.7 Å². The Morgan fingerprint density at radius 2 is 1.87 bits per heavy atom. The van der Waals surface area contributed by atoms with E-state index in [2.05, 4.69) is 9.83 Å². The molecule has 0 saturated heterocycles. The lowest BCUT2D eigenvalue weighted by Crippen LogP contribution is -1.89. The number of hydrogen-bond donors (Lipinski definition) is 1. The molecule has 0 fully saturated rings. The highest BCUT2D eigenvalue weighted by molar-refractivity contribution is 7.16. The summed E-state index contributed by atoms with van der Waals surface area (Å²) in [6.45, 7) is 9.44. The van der Waals surface area contributed by atoms with E-state index in [1.807, 2.05) is 43.3 Å². The van der Waals surface area contributed by atoms with Crippen LogP contribution >= 0.6 is 11.3 Å². The van der Waals surface area contributed by atoms with Crippen LogP contribution < -0.4 is 0 Å². The summed E-state index contributed by atoms with van der Waals surface area (Å²) in [5, 5.41) is 9.58. The molecule has 0 aliphatic rings. The number of aromatic nitrogens is 1. The number of carbonyl (C=O) groups is 1. The molecule has 5 heteroatoms. The molecule has 112 valence electrons. The second kappa shape index (κ2) is 6.03. The molecule has 0 bridgehead atoms. The number of benzene rings is 2. The number of nitrogens with zero attached hydrogens (tertiary/aromatic N) is 2. The summed E-state index contributed by atoms with van der Waals surface area (Å²) in [5.41, 5.74) is 4.29. The van der Waals surface area contributed by atoms with Crippen LogP contribution in [0.25, 0.3) is 26.5 Å². The monoisotopic (exact) mass is 320 g/mol. The summed E-state index contributed by atoms with van der Waals surface area (Å²) in [4.78, 5) is 18.9. The predicted molar refractivity (Wildman–Crippen MR) is 90.9 cm³/mol. The maximum absolute atomic E-state index is 11.0. The Balaban J connectivity index is 2.04. The molecular formula is C18H12N2O2S. The molecule has 0 atom stereocenters. The Labute approximate surface area is 137 Å². The zero-order chi connectivity index (χ0) is 16.4. The molecule has 1 aromatic heterocycles. The van der Waals surface area contributed by atoms with E-state index in [-0.39, 0.29) is 4.88 Å². The van der Waals surface area contributed by atoms with E-state index in [0.29, 0.717) is 10.7 Å². The zero-order valence-electron chi connectivity index (χ0n) is 12.3. The summed E-state index contributed by atoms with van der Waals surface area (Å²) in [7, 11) is 0. The SMILES string of the molecule is [C-]#[N+]c1cc(-c2ncc(C(=O)O)s2)ccc1-c1ccc(C)cc1. The number of carboxylic acid groups (broad SMARTS) is 1. The first kappa shape index (κ1) is 14.9. The minimum absolute atomic E-state index is 0.187. The van der Waals surface area contributed by atoms with Crippen LogP contribution in [0.4, 0.5) is 5.69 Å². The van der Waals surface area contributed by atoms with Gasteiger partial charge in [0.1, 0.15) is 9.88 Å². The van der Waals surface area contributed by atoms with Crippen molar-refractivity contribution in [3.05, 3.63) is 70.5 Å². The van der Waals surface area contributed by atoms with Crippen molar-refractivity contribution in [2.45, 2.75) is 6.92 Å². The maximum atomic E-state index is 11.0. The standard InChI is InChI=1S/C18H12N2O2S/c1-11-3-5-12(6-4-11)14-8-7-13(9-15(14)19-2)17-20-10-16(23-17)18(21)22/h3-10H,1H3,(H,21,22). The van der Waals surface area contributed by atoms with E-state index in [0.717, 1.165) is 28.0 Å². The largest absolute Gasteiger partial charge is 0.477 e. The summed E-state index contributed by atoms with van der Waals surface area (Å²) < 4.78 is 0. The van der Waals surface area contributed by atoms with Gasteiger partial charge >= 0.3 is 5.97 Å². The third kappa shape index (κ3) is 2.98. The molecule has 1 N–H and O–H groups in total. The second-order valence-electron chi connectivity index (χ2n) is 5.04. The Kier molecular flexibility index (Phi) is 3.92. The Bertz CT molecular complexity index is 921. The molecule has 3 rings (SSSR count). The van der Waals surface area contributed by atoms with Crippen molar-refractivity contribution in [3.63, 3.8) is 0 Å². The fraction of sp³-hybridized carbons (Fsp3) is 0.0556. The number of hydrogen-bond acceptors (Lipinski definition) is 3. The van der Waals surface area contributed by atoms with Gasteiger partial charge in [-0.2, -0.15) is 0 Å². The normalized spacial score (nSPS) is 10.3. The number of rotatable bonds is 3. The van der Waals surface area contributed by atoms with Crippen molar-refractivity contribution >= 4 is 23.0 Å². The fourth-order valence-corrected chi connectivity index (χ4v) is 2.99. The van der Waals surface area contributed by atoms with Gasteiger partial charge < -0.3 is 5.11 Å². The van der Waals surface area contributed by atoms with E-state index in [9.17, 15) is 4.79 Å². The fourth-order valence-electron chi connectivity index (χ4n) is 2.24. The van der Waals surface area contributed by atoms with Crippen LogP contribution in [-0.2, 0) is 0 Å². The van der Waals surface area contributed by atoms with Gasteiger partial charge in [0.25, 0.3) is 0 Å². The lowest BCUT2D eigenvalue weighted by molar-refractivity contribution is 0.0702. The topological polar surface area (TPSA) is 54.5 Å². The molecule has 1 heterocycles. The highest BCUT2D eigenvalue weighted by atomic mass is 32.1. The molecule has 0 radical (unpaired) electrons. The minimum Gasteiger partial charge on any atom is -0.477 e. The minimum atomic E-state index is -0.990. The molecule has 0 amide bonds.